The Labute approximate surface area is 123 Å². The lowest BCUT2D eigenvalue weighted by Crippen LogP contribution is -2.47. The van der Waals surface area contributed by atoms with Gasteiger partial charge in [-0.3, -0.25) is 4.79 Å². The third kappa shape index (κ3) is 3.74. The Kier molecular flexibility index (Phi) is 4.20. The molecule has 114 valence electrons. The van der Waals surface area contributed by atoms with Gasteiger partial charge in [-0.05, 0) is 33.2 Å². The molecule has 6 nitrogen and oxygen atoms in total. The van der Waals surface area contributed by atoms with Crippen molar-refractivity contribution >= 4 is 22.5 Å². The van der Waals surface area contributed by atoms with Crippen molar-refractivity contribution in [3.63, 3.8) is 0 Å². The van der Waals surface area contributed by atoms with Crippen LogP contribution in [0.15, 0.2) is 24.3 Å². The number of likely N-dealkylation sites (N-methyl/N-ethyl adjacent to an activating group) is 1. The van der Waals surface area contributed by atoms with E-state index in [0.717, 1.165) is 10.9 Å². The van der Waals surface area contributed by atoms with Gasteiger partial charge >= 0.3 is 0 Å². The lowest BCUT2D eigenvalue weighted by Gasteiger charge is -2.26. The fraction of sp³-hybridized carbons (Fsp3) is 0.400. The Morgan fingerprint density at radius 1 is 1.48 bits per heavy atom. The molecule has 21 heavy (non-hydrogen) atoms. The van der Waals surface area contributed by atoms with E-state index in [1.807, 2.05) is 31.1 Å². The number of hydrogen-bond donors (Lipinski definition) is 4. The molecule has 0 radical (unpaired) electrons. The first-order valence-corrected chi connectivity index (χ1v) is 6.81. The van der Waals surface area contributed by atoms with E-state index in [1.54, 1.807) is 19.1 Å². The molecule has 1 amide bonds. The van der Waals surface area contributed by atoms with Gasteiger partial charge in [0.15, 0.2) is 0 Å². The van der Waals surface area contributed by atoms with E-state index in [-0.39, 0.29) is 12.5 Å². The zero-order valence-electron chi connectivity index (χ0n) is 12.6. The average molecular weight is 290 g/mol. The molecular formula is C15H22N4O2. The summed E-state index contributed by atoms with van der Waals surface area (Å²) in [5.74, 6) is -0.260. The molecule has 2 aromatic rings. The minimum absolute atomic E-state index is 0.175. The molecule has 5 N–H and O–H groups in total. The van der Waals surface area contributed by atoms with Gasteiger partial charge in [0.05, 0.1) is 16.8 Å². The first-order valence-electron chi connectivity index (χ1n) is 6.81. The minimum atomic E-state index is -0.982. The van der Waals surface area contributed by atoms with E-state index >= 15 is 0 Å². The molecule has 2 rings (SSSR count). The summed E-state index contributed by atoms with van der Waals surface area (Å²) in [7, 11) is 3.74. The Balaban J connectivity index is 2.07. The smallest absolute Gasteiger partial charge is 0.267 e. The number of carbonyl (C=O) groups excluding carboxylic acids is 1. The van der Waals surface area contributed by atoms with Crippen molar-refractivity contribution in [3.05, 3.63) is 30.0 Å². The van der Waals surface area contributed by atoms with Crippen LogP contribution in [0.3, 0.4) is 0 Å². The highest BCUT2D eigenvalue weighted by Gasteiger charge is 2.22. The average Bonchev–Trinajstić information content (AvgIpc) is 2.80. The molecule has 1 aromatic heterocycles. The molecule has 1 heterocycles. The molecular weight excluding hydrogens is 268 g/mol. The van der Waals surface area contributed by atoms with Gasteiger partial charge in [0, 0.05) is 18.5 Å². The second kappa shape index (κ2) is 5.75. The van der Waals surface area contributed by atoms with Gasteiger partial charge < -0.3 is 26.0 Å². The predicted octanol–water partition coefficient (Wildman–Crippen LogP) is 0.792. The number of aliphatic hydroxyl groups is 1. The quantitative estimate of drug-likeness (QED) is 0.612. The fourth-order valence-electron chi connectivity index (χ4n) is 2.41. The second-order valence-corrected chi connectivity index (χ2v) is 5.91. The lowest BCUT2D eigenvalue weighted by atomic mass is 10.1. The van der Waals surface area contributed by atoms with E-state index in [2.05, 4.69) is 10.3 Å². The SMILES string of the molecule is CN(C)CC(C)(O)CNC(=O)c1cc2cccc(N)c2[nH]1. The van der Waals surface area contributed by atoms with Crippen LogP contribution in [-0.4, -0.2) is 53.7 Å². The number of hydrogen-bond acceptors (Lipinski definition) is 4. The molecule has 1 aromatic carbocycles. The molecule has 0 saturated heterocycles. The van der Waals surface area contributed by atoms with Crippen LogP contribution in [0.25, 0.3) is 10.9 Å². The molecule has 0 aliphatic rings. The predicted molar refractivity (Wildman–Crippen MR) is 84.2 cm³/mol. The summed E-state index contributed by atoms with van der Waals surface area (Å²) in [5, 5.41) is 13.8. The van der Waals surface area contributed by atoms with Crippen LogP contribution < -0.4 is 11.1 Å². The van der Waals surface area contributed by atoms with Crippen molar-refractivity contribution in [2.75, 3.05) is 32.9 Å². The molecule has 1 unspecified atom stereocenters. The van der Waals surface area contributed by atoms with Gasteiger partial charge in [0.1, 0.15) is 5.69 Å². The van der Waals surface area contributed by atoms with Crippen LogP contribution >= 0.6 is 0 Å². The van der Waals surface area contributed by atoms with Crippen molar-refractivity contribution in [1.29, 1.82) is 0 Å². The molecule has 0 aliphatic carbocycles. The van der Waals surface area contributed by atoms with Gasteiger partial charge in [0.25, 0.3) is 5.91 Å². The second-order valence-electron chi connectivity index (χ2n) is 5.91. The summed E-state index contributed by atoms with van der Waals surface area (Å²) in [4.78, 5) is 17.0. The number of para-hydroxylation sites is 1. The van der Waals surface area contributed by atoms with Gasteiger partial charge in [0.2, 0.25) is 0 Å². The van der Waals surface area contributed by atoms with Gasteiger partial charge in [-0.2, -0.15) is 0 Å². The van der Waals surface area contributed by atoms with Crippen LogP contribution in [-0.2, 0) is 0 Å². The van der Waals surface area contributed by atoms with E-state index in [4.69, 9.17) is 5.73 Å². The number of anilines is 1. The number of H-pyrrole nitrogens is 1. The summed E-state index contributed by atoms with van der Waals surface area (Å²) in [6.07, 6.45) is 0. The Morgan fingerprint density at radius 3 is 2.81 bits per heavy atom. The molecule has 0 aliphatic heterocycles. The molecule has 0 saturated carbocycles. The molecule has 0 bridgehead atoms. The number of fused-ring (bicyclic) bond motifs is 1. The highest BCUT2D eigenvalue weighted by atomic mass is 16.3. The highest BCUT2D eigenvalue weighted by molar-refractivity contribution is 6.00. The third-order valence-electron chi connectivity index (χ3n) is 3.22. The molecule has 0 fully saturated rings. The van der Waals surface area contributed by atoms with Crippen molar-refractivity contribution < 1.29 is 9.90 Å². The Hall–Kier alpha value is -2.05. The largest absolute Gasteiger partial charge is 0.397 e. The maximum Gasteiger partial charge on any atom is 0.267 e. The highest BCUT2D eigenvalue weighted by Crippen LogP contribution is 2.21. The van der Waals surface area contributed by atoms with Crippen LogP contribution in [0.5, 0.6) is 0 Å². The first-order chi connectivity index (χ1) is 9.78. The fourth-order valence-corrected chi connectivity index (χ4v) is 2.41. The monoisotopic (exact) mass is 290 g/mol. The van der Waals surface area contributed by atoms with Crippen LogP contribution in [0, 0.1) is 0 Å². The number of aromatic amines is 1. The van der Waals surface area contributed by atoms with Crippen molar-refractivity contribution in [3.8, 4) is 0 Å². The number of aromatic nitrogens is 1. The summed E-state index contributed by atoms with van der Waals surface area (Å²) in [5.41, 5.74) is 6.67. The Bertz CT molecular complexity index is 646. The maximum atomic E-state index is 12.2. The number of amides is 1. The van der Waals surface area contributed by atoms with Gasteiger partial charge in [-0.25, -0.2) is 0 Å². The van der Waals surface area contributed by atoms with E-state index in [0.29, 0.717) is 17.9 Å². The Morgan fingerprint density at radius 2 is 2.19 bits per heavy atom. The number of benzene rings is 1. The normalized spacial score (nSPS) is 14.3. The van der Waals surface area contributed by atoms with Crippen molar-refractivity contribution in [2.45, 2.75) is 12.5 Å². The van der Waals surface area contributed by atoms with Gasteiger partial charge in [-0.15, -0.1) is 0 Å². The summed E-state index contributed by atoms with van der Waals surface area (Å²) >= 11 is 0. The van der Waals surface area contributed by atoms with Crippen molar-refractivity contribution in [2.24, 2.45) is 0 Å². The standard InChI is InChI=1S/C15H22N4O2/c1-15(21,9-19(2)3)8-17-14(20)12-7-10-5-4-6-11(16)13(10)18-12/h4-7,18,21H,8-9,16H2,1-3H3,(H,17,20). The van der Waals surface area contributed by atoms with Crippen molar-refractivity contribution in [1.82, 2.24) is 15.2 Å². The van der Waals surface area contributed by atoms with E-state index < -0.39 is 5.60 Å². The topological polar surface area (TPSA) is 94.4 Å². The number of nitrogens with zero attached hydrogens (tertiary/aromatic N) is 1. The number of nitrogen functional groups attached to an aromatic ring is 1. The maximum absolute atomic E-state index is 12.2. The van der Waals surface area contributed by atoms with Crippen LogP contribution in [0.2, 0.25) is 0 Å². The number of nitrogens with one attached hydrogen (secondary N) is 2. The number of nitrogens with two attached hydrogens (primary N) is 1. The first kappa shape index (κ1) is 15.3. The molecule has 0 spiro atoms. The summed E-state index contributed by atoms with van der Waals surface area (Å²) in [6.45, 7) is 2.33. The third-order valence-corrected chi connectivity index (χ3v) is 3.22. The number of carbonyl (C=O) groups is 1. The lowest BCUT2D eigenvalue weighted by molar-refractivity contribution is 0.0325. The zero-order chi connectivity index (χ0) is 15.6. The molecule has 1 atom stereocenters. The molecule has 6 heteroatoms. The summed E-state index contributed by atoms with van der Waals surface area (Å²) < 4.78 is 0. The van der Waals surface area contributed by atoms with E-state index in [9.17, 15) is 9.90 Å². The minimum Gasteiger partial charge on any atom is -0.397 e. The van der Waals surface area contributed by atoms with E-state index in [1.165, 1.54) is 0 Å². The number of rotatable bonds is 5. The van der Waals surface area contributed by atoms with Crippen LogP contribution in [0.1, 0.15) is 17.4 Å². The zero-order valence-corrected chi connectivity index (χ0v) is 12.6. The summed E-state index contributed by atoms with van der Waals surface area (Å²) in [6, 6.07) is 7.26. The van der Waals surface area contributed by atoms with Crippen LogP contribution in [0.4, 0.5) is 5.69 Å². The van der Waals surface area contributed by atoms with Gasteiger partial charge in [-0.1, -0.05) is 12.1 Å².